The smallest absolute Gasteiger partial charge is 0.122 e. The van der Waals surface area contributed by atoms with E-state index in [1.165, 1.54) is 0 Å². The second kappa shape index (κ2) is 3.09. The molecule has 0 fully saturated rings. The van der Waals surface area contributed by atoms with E-state index < -0.39 is 6.04 Å². The molecule has 0 bridgehead atoms. The van der Waals surface area contributed by atoms with Gasteiger partial charge < -0.3 is 10.3 Å². The van der Waals surface area contributed by atoms with Gasteiger partial charge >= 0.3 is 0 Å². The minimum Gasteiger partial charge on any atom is -0.333 e. The Kier molecular flexibility index (Phi) is 1.91. The van der Waals surface area contributed by atoms with Crippen LogP contribution in [0.25, 0.3) is 11.0 Å². The van der Waals surface area contributed by atoms with Crippen LogP contribution >= 0.6 is 0 Å². The Bertz CT molecular complexity index is 507. The fourth-order valence-electron chi connectivity index (χ4n) is 1.44. The third kappa shape index (κ3) is 1.13. The second-order valence-electron chi connectivity index (χ2n) is 3.06. The van der Waals surface area contributed by atoms with Crippen molar-refractivity contribution in [2.45, 2.75) is 6.04 Å². The summed E-state index contributed by atoms with van der Waals surface area (Å²) in [7, 11) is 1.86. The maximum absolute atomic E-state index is 8.74. The molecule has 14 heavy (non-hydrogen) atoms. The van der Waals surface area contributed by atoms with Crippen LogP contribution < -0.4 is 5.73 Å². The van der Waals surface area contributed by atoms with Gasteiger partial charge in [0.25, 0.3) is 0 Å². The molecule has 1 atom stereocenters. The summed E-state index contributed by atoms with van der Waals surface area (Å²) >= 11 is 0. The summed E-state index contributed by atoms with van der Waals surface area (Å²) < 4.78 is 1.84. The number of nitrogens with two attached hydrogens (primary N) is 1. The summed E-state index contributed by atoms with van der Waals surface area (Å²) in [5, 5.41) is 8.74. The molecule has 0 aliphatic heterocycles. The van der Waals surface area contributed by atoms with Gasteiger partial charge in [0.2, 0.25) is 0 Å². The number of rotatable bonds is 1. The van der Waals surface area contributed by atoms with Crippen molar-refractivity contribution in [1.82, 2.24) is 14.5 Å². The fourth-order valence-corrected chi connectivity index (χ4v) is 1.44. The number of aryl methyl sites for hydroxylation is 1. The van der Waals surface area contributed by atoms with Crippen LogP contribution in [0.5, 0.6) is 0 Å². The van der Waals surface area contributed by atoms with Crippen molar-refractivity contribution in [3.8, 4) is 6.07 Å². The monoisotopic (exact) mass is 187 g/mol. The molecule has 5 heteroatoms. The van der Waals surface area contributed by atoms with E-state index in [9.17, 15) is 0 Å². The first-order valence-corrected chi connectivity index (χ1v) is 4.14. The molecule has 0 radical (unpaired) electrons. The van der Waals surface area contributed by atoms with Gasteiger partial charge in [-0.15, -0.1) is 0 Å². The van der Waals surface area contributed by atoms with E-state index in [1.807, 2.05) is 17.7 Å². The van der Waals surface area contributed by atoms with E-state index in [0.29, 0.717) is 5.56 Å². The summed E-state index contributed by atoms with van der Waals surface area (Å²) in [6.45, 7) is 0. The molecule has 2 aromatic heterocycles. The number of pyridine rings is 1. The largest absolute Gasteiger partial charge is 0.333 e. The lowest BCUT2D eigenvalue weighted by molar-refractivity contribution is 0.890. The molecule has 5 nitrogen and oxygen atoms in total. The third-order valence-corrected chi connectivity index (χ3v) is 2.12. The Morgan fingerprint density at radius 2 is 2.36 bits per heavy atom. The molecule has 0 saturated carbocycles. The predicted octanol–water partition coefficient (Wildman–Crippen LogP) is 0.492. The van der Waals surface area contributed by atoms with E-state index in [0.717, 1.165) is 11.0 Å². The van der Waals surface area contributed by atoms with Crippen molar-refractivity contribution in [2.75, 3.05) is 0 Å². The van der Waals surface area contributed by atoms with Crippen LogP contribution in [0.15, 0.2) is 18.7 Å². The number of nitrogens with zero attached hydrogens (tertiary/aromatic N) is 4. The molecule has 0 spiro atoms. The van der Waals surface area contributed by atoms with Crippen LogP contribution in [0.1, 0.15) is 11.6 Å². The molecule has 2 N–H and O–H groups in total. The fraction of sp³-hybridized carbons (Fsp3) is 0.222. The summed E-state index contributed by atoms with van der Waals surface area (Å²) in [4.78, 5) is 8.12. The normalized spacial score (nSPS) is 12.6. The van der Waals surface area contributed by atoms with E-state index in [2.05, 4.69) is 9.97 Å². The Balaban J connectivity index is 2.76. The van der Waals surface area contributed by atoms with Gasteiger partial charge in [0.15, 0.2) is 0 Å². The SMILES string of the molecule is Cn1cnc2cncc(C(N)C#N)c21. The van der Waals surface area contributed by atoms with Crippen LogP contribution in [0.4, 0.5) is 0 Å². The highest BCUT2D eigenvalue weighted by molar-refractivity contribution is 5.78. The van der Waals surface area contributed by atoms with Gasteiger partial charge in [0.05, 0.1) is 24.1 Å². The highest BCUT2D eigenvalue weighted by atomic mass is 15.0. The lowest BCUT2D eigenvalue weighted by Crippen LogP contribution is -2.09. The van der Waals surface area contributed by atoms with Crippen molar-refractivity contribution in [1.29, 1.82) is 5.26 Å². The van der Waals surface area contributed by atoms with Crippen LogP contribution in [0.3, 0.4) is 0 Å². The molecular weight excluding hydrogens is 178 g/mol. The molecule has 0 aromatic carbocycles. The van der Waals surface area contributed by atoms with Crippen molar-refractivity contribution < 1.29 is 0 Å². The number of nitriles is 1. The lowest BCUT2D eigenvalue weighted by Gasteiger charge is -2.05. The number of fused-ring (bicyclic) bond motifs is 1. The molecule has 2 heterocycles. The van der Waals surface area contributed by atoms with Gasteiger partial charge in [-0.2, -0.15) is 5.26 Å². The first kappa shape index (κ1) is 8.66. The molecule has 0 amide bonds. The quantitative estimate of drug-likeness (QED) is 0.704. The first-order chi connectivity index (χ1) is 6.74. The van der Waals surface area contributed by atoms with Crippen LogP contribution in [0.2, 0.25) is 0 Å². The van der Waals surface area contributed by atoms with Crippen LogP contribution in [-0.4, -0.2) is 14.5 Å². The number of hydrogen-bond donors (Lipinski definition) is 1. The lowest BCUT2D eigenvalue weighted by atomic mass is 10.1. The van der Waals surface area contributed by atoms with Crippen molar-refractivity contribution in [3.63, 3.8) is 0 Å². The predicted molar refractivity (Wildman–Crippen MR) is 51.1 cm³/mol. The maximum atomic E-state index is 8.74. The molecular formula is C9H9N5. The van der Waals surface area contributed by atoms with Gasteiger partial charge in [0.1, 0.15) is 11.6 Å². The van der Waals surface area contributed by atoms with E-state index >= 15 is 0 Å². The van der Waals surface area contributed by atoms with Crippen molar-refractivity contribution in [3.05, 3.63) is 24.3 Å². The number of hydrogen-bond acceptors (Lipinski definition) is 4. The summed E-state index contributed by atoms with van der Waals surface area (Å²) in [5.74, 6) is 0. The Morgan fingerprint density at radius 3 is 3.07 bits per heavy atom. The van der Waals surface area contributed by atoms with Gasteiger partial charge in [0, 0.05) is 18.8 Å². The Hall–Kier alpha value is -1.93. The molecule has 1 unspecified atom stereocenters. The van der Waals surface area contributed by atoms with E-state index in [1.54, 1.807) is 18.7 Å². The van der Waals surface area contributed by atoms with Gasteiger partial charge in [-0.3, -0.25) is 4.98 Å². The van der Waals surface area contributed by atoms with Gasteiger partial charge in [-0.1, -0.05) is 0 Å². The van der Waals surface area contributed by atoms with Crippen LogP contribution in [0, 0.1) is 11.3 Å². The highest BCUT2D eigenvalue weighted by Gasteiger charge is 2.12. The molecule has 70 valence electrons. The molecule has 2 aromatic rings. The average Bonchev–Trinajstić information content (AvgIpc) is 2.59. The Labute approximate surface area is 80.8 Å². The van der Waals surface area contributed by atoms with Crippen LogP contribution in [-0.2, 0) is 7.05 Å². The molecule has 0 saturated heterocycles. The minimum absolute atomic E-state index is 0.651. The average molecular weight is 187 g/mol. The Morgan fingerprint density at radius 1 is 1.57 bits per heavy atom. The highest BCUT2D eigenvalue weighted by Crippen LogP contribution is 2.19. The third-order valence-electron chi connectivity index (χ3n) is 2.12. The maximum Gasteiger partial charge on any atom is 0.122 e. The zero-order valence-electron chi connectivity index (χ0n) is 7.68. The zero-order valence-corrected chi connectivity index (χ0v) is 7.68. The number of aromatic nitrogens is 3. The molecule has 0 aliphatic carbocycles. The van der Waals surface area contributed by atoms with E-state index in [-0.39, 0.29) is 0 Å². The van der Waals surface area contributed by atoms with Crippen molar-refractivity contribution in [2.24, 2.45) is 12.8 Å². The molecule has 0 aliphatic rings. The summed E-state index contributed by atoms with van der Waals surface area (Å²) in [5.41, 5.74) is 7.99. The van der Waals surface area contributed by atoms with Crippen molar-refractivity contribution >= 4 is 11.0 Å². The van der Waals surface area contributed by atoms with Gasteiger partial charge in [-0.05, 0) is 0 Å². The summed E-state index contributed by atoms with van der Waals surface area (Å²) in [6.07, 6.45) is 4.95. The minimum atomic E-state index is -0.651. The van der Waals surface area contributed by atoms with E-state index in [4.69, 9.17) is 11.0 Å². The summed E-state index contributed by atoms with van der Waals surface area (Å²) in [6, 6.07) is 1.34. The zero-order chi connectivity index (χ0) is 10.1. The first-order valence-electron chi connectivity index (χ1n) is 4.14. The van der Waals surface area contributed by atoms with Gasteiger partial charge in [-0.25, -0.2) is 4.98 Å². The standard InChI is InChI=1S/C9H9N5/c1-14-5-13-8-4-12-3-6(9(8)14)7(11)2-10/h3-5,7H,11H2,1H3. The second-order valence-corrected chi connectivity index (χ2v) is 3.06. The topological polar surface area (TPSA) is 80.5 Å². The number of imidazole rings is 1. The molecule has 2 rings (SSSR count).